The van der Waals surface area contributed by atoms with Gasteiger partial charge in [0.1, 0.15) is 5.75 Å². The zero-order valence-corrected chi connectivity index (χ0v) is 14.6. The molecule has 0 saturated carbocycles. The highest BCUT2D eigenvalue weighted by Gasteiger charge is 2.35. The van der Waals surface area contributed by atoms with Gasteiger partial charge in [-0.3, -0.25) is 4.79 Å². The van der Waals surface area contributed by atoms with Crippen LogP contribution in [0.4, 0.5) is 5.69 Å². The fraction of sp³-hybridized carbons (Fsp3) is 0.381. The van der Waals surface area contributed by atoms with Crippen LogP contribution in [0.2, 0.25) is 0 Å². The van der Waals surface area contributed by atoms with Crippen molar-refractivity contribution in [1.82, 2.24) is 4.90 Å². The molecule has 1 saturated heterocycles. The highest BCUT2D eigenvalue weighted by Crippen LogP contribution is 2.34. The first-order valence-electron chi connectivity index (χ1n) is 9.00. The van der Waals surface area contributed by atoms with Crippen LogP contribution in [0.5, 0.6) is 5.75 Å². The number of benzene rings is 2. The van der Waals surface area contributed by atoms with Crippen LogP contribution < -0.4 is 9.64 Å². The number of ether oxygens (including phenoxy) is 1. The number of aryl methyl sites for hydroxylation is 1. The van der Waals surface area contributed by atoms with Gasteiger partial charge in [0.25, 0.3) is 0 Å². The van der Waals surface area contributed by atoms with E-state index in [9.17, 15) is 4.79 Å². The van der Waals surface area contributed by atoms with E-state index in [0.29, 0.717) is 12.5 Å². The minimum atomic E-state index is 0.251. The number of carbonyl (C=O) groups is 1. The second kappa shape index (κ2) is 6.79. The molecule has 130 valence electrons. The van der Waals surface area contributed by atoms with Crippen LogP contribution in [0.3, 0.4) is 0 Å². The van der Waals surface area contributed by atoms with Crippen molar-refractivity contribution in [3.8, 4) is 5.75 Å². The summed E-state index contributed by atoms with van der Waals surface area (Å²) in [5, 5.41) is 0. The average Bonchev–Trinajstić information content (AvgIpc) is 3.04. The molecule has 0 aliphatic carbocycles. The molecule has 2 aromatic rings. The Balaban J connectivity index is 1.37. The van der Waals surface area contributed by atoms with E-state index in [0.717, 1.165) is 43.8 Å². The third kappa shape index (κ3) is 3.09. The summed E-state index contributed by atoms with van der Waals surface area (Å²) in [5.41, 5.74) is 3.87. The largest absolute Gasteiger partial charge is 0.496 e. The molecule has 25 heavy (non-hydrogen) atoms. The summed E-state index contributed by atoms with van der Waals surface area (Å²) in [7, 11) is 1.68. The molecule has 2 aromatic carbocycles. The van der Waals surface area contributed by atoms with E-state index < -0.39 is 0 Å². The predicted molar refractivity (Wildman–Crippen MR) is 99.2 cm³/mol. The van der Waals surface area contributed by atoms with Gasteiger partial charge in [-0.05, 0) is 36.1 Å². The zero-order valence-electron chi connectivity index (χ0n) is 14.6. The van der Waals surface area contributed by atoms with Crippen LogP contribution in [0.1, 0.15) is 17.5 Å². The van der Waals surface area contributed by atoms with Crippen LogP contribution in [-0.4, -0.2) is 43.6 Å². The summed E-state index contributed by atoms with van der Waals surface area (Å²) < 4.78 is 5.38. The number of carbonyl (C=O) groups excluding carboxylic acids is 1. The van der Waals surface area contributed by atoms with Gasteiger partial charge in [-0.25, -0.2) is 0 Å². The maximum absolute atomic E-state index is 12.7. The Morgan fingerprint density at radius 3 is 2.80 bits per heavy atom. The molecular weight excluding hydrogens is 312 g/mol. The molecule has 4 nitrogen and oxygen atoms in total. The van der Waals surface area contributed by atoms with Crippen molar-refractivity contribution < 1.29 is 9.53 Å². The number of amides is 1. The third-order valence-electron chi connectivity index (χ3n) is 5.39. The Bertz CT molecular complexity index is 774. The maximum Gasteiger partial charge on any atom is 0.223 e. The van der Waals surface area contributed by atoms with Gasteiger partial charge >= 0.3 is 0 Å². The molecule has 2 heterocycles. The molecular formula is C21H24N2O2. The highest BCUT2D eigenvalue weighted by atomic mass is 16.5. The first-order chi connectivity index (χ1) is 12.3. The Labute approximate surface area is 149 Å². The number of methoxy groups -OCH3 is 1. The van der Waals surface area contributed by atoms with E-state index in [1.165, 1.54) is 11.3 Å². The second-order valence-corrected chi connectivity index (χ2v) is 6.83. The van der Waals surface area contributed by atoms with Crippen molar-refractivity contribution in [2.45, 2.75) is 25.3 Å². The minimum absolute atomic E-state index is 0.251. The lowest BCUT2D eigenvalue weighted by atomic mass is 10.1. The van der Waals surface area contributed by atoms with E-state index >= 15 is 0 Å². The molecule has 0 bridgehead atoms. The van der Waals surface area contributed by atoms with Crippen molar-refractivity contribution in [3.05, 3.63) is 59.7 Å². The van der Waals surface area contributed by atoms with E-state index in [2.05, 4.69) is 29.2 Å². The van der Waals surface area contributed by atoms with Crippen molar-refractivity contribution in [3.63, 3.8) is 0 Å². The summed E-state index contributed by atoms with van der Waals surface area (Å²) in [5.74, 6) is 1.12. The summed E-state index contributed by atoms with van der Waals surface area (Å²) in [6.07, 6.45) is 2.32. The molecule has 0 N–H and O–H groups in total. The number of anilines is 1. The number of hydrogen-bond donors (Lipinski definition) is 0. The molecule has 0 spiro atoms. The lowest BCUT2D eigenvalue weighted by molar-refractivity contribution is -0.131. The van der Waals surface area contributed by atoms with Crippen molar-refractivity contribution >= 4 is 11.6 Å². The summed E-state index contributed by atoms with van der Waals surface area (Å²) >= 11 is 0. The first-order valence-corrected chi connectivity index (χ1v) is 9.00. The number of rotatable bonds is 4. The highest BCUT2D eigenvalue weighted by molar-refractivity contribution is 5.77. The average molecular weight is 336 g/mol. The SMILES string of the molecule is COc1ccccc1CCC(=O)N1CCN2c3ccccc3CC2C1. The fourth-order valence-electron chi connectivity index (χ4n) is 4.10. The van der Waals surface area contributed by atoms with Gasteiger partial charge in [0.2, 0.25) is 5.91 Å². The Morgan fingerprint density at radius 1 is 1.12 bits per heavy atom. The number of piperazine rings is 1. The second-order valence-electron chi connectivity index (χ2n) is 6.83. The van der Waals surface area contributed by atoms with Crippen LogP contribution in [0, 0.1) is 0 Å². The fourth-order valence-corrected chi connectivity index (χ4v) is 4.10. The van der Waals surface area contributed by atoms with Gasteiger partial charge in [0.05, 0.1) is 13.2 Å². The van der Waals surface area contributed by atoms with E-state index in [-0.39, 0.29) is 5.91 Å². The Kier molecular flexibility index (Phi) is 4.35. The Morgan fingerprint density at radius 2 is 1.92 bits per heavy atom. The van der Waals surface area contributed by atoms with Gasteiger partial charge in [0.15, 0.2) is 0 Å². The maximum atomic E-state index is 12.7. The van der Waals surface area contributed by atoms with Crippen LogP contribution in [-0.2, 0) is 17.6 Å². The standard InChI is InChI=1S/C21H24N2O2/c1-25-20-9-5-3-6-16(20)10-11-21(24)22-12-13-23-18(15-22)14-17-7-2-4-8-19(17)23/h2-9,18H,10-15H2,1H3. The smallest absolute Gasteiger partial charge is 0.223 e. The molecule has 1 amide bonds. The molecule has 0 radical (unpaired) electrons. The number of hydrogen-bond acceptors (Lipinski definition) is 3. The monoisotopic (exact) mass is 336 g/mol. The predicted octanol–water partition coefficient (Wildman–Crippen LogP) is 2.90. The van der Waals surface area contributed by atoms with E-state index in [4.69, 9.17) is 4.74 Å². The lowest BCUT2D eigenvalue weighted by Gasteiger charge is -2.39. The van der Waals surface area contributed by atoms with Crippen molar-refractivity contribution in [2.24, 2.45) is 0 Å². The van der Waals surface area contributed by atoms with Gasteiger partial charge in [0, 0.05) is 31.7 Å². The van der Waals surface area contributed by atoms with E-state index in [1.54, 1.807) is 7.11 Å². The molecule has 1 fully saturated rings. The van der Waals surface area contributed by atoms with Crippen LogP contribution in [0.15, 0.2) is 48.5 Å². The van der Waals surface area contributed by atoms with E-state index in [1.807, 2.05) is 29.2 Å². The molecule has 2 aliphatic heterocycles. The van der Waals surface area contributed by atoms with Crippen LogP contribution >= 0.6 is 0 Å². The summed E-state index contributed by atoms with van der Waals surface area (Å²) in [6.45, 7) is 2.58. The summed E-state index contributed by atoms with van der Waals surface area (Å²) in [6, 6.07) is 17.0. The number of para-hydroxylation sites is 2. The topological polar surface area (TPSA) is 32.8 Å². The number of fused-ring (bicyclic) bond motifs is 3. The minimum Gasteiger partial charge on any atom is -0.496 e. The number of nitrogens with zero attached hydrogens (tertiary/aromatic N) is 2. The molecule has 1 atom stereocenters. The van der Waals surface area contributed by atoms with Gasteiger partial charge in [-0.15, -0.1) is 0 Å². The molecule has 1 unspecified atom stereocenters. The third-order valence-corrected chi connectivity index (χ3v) is 5.39. The summed E-state index contributed by atoms with van der Waals surface area (Å²) in [4.78, 5) is 17.2. The zero-order chi connectivity index (χ0) is 17.2. The molecule has 2 aliphatic rings. The normalized spacial score (nSPS) is 18.7. The van der Waals surface area contributed by atoms with Gasteiger partial charge < -0.3 is 14.5 Å². The Hall–Kier alpha value is -2.49. The van der Waals surface area contributed by atoms with Gasteiger partial charge in [-0.2, -0.15) is 0 Å². The van der Waals surface area contributed by atoms with Gasteiger partial charge in [-0.1, -0.05) is 36.4 Å². The first kappa shape index (κ1) is 16.0. The van der Waals surface area contributed by atoms with Crippen molar-refractivity contribution in [2.75, 3.05) is 31.6 Å². The molecule has 0 aromatic heterocycles. The van der Waals surface area contributed by atoms with Crippen LogP contribution in [0.25, 0.3) is 0 Å². The lowest BCUT2D eigenvalue weighted by Crippen LogP contribution is -2.53. The quantitative estimate of drug-likeness (QED) is 0.861. The molecule has 4 rings (SSSR count). The molecule has 4 heteroatoms. The van der Waals surface area contributed by atoms with Crippen molar-refractivity contribution in [1.29, 1.82) is 0 Å².